The van der Waals surface area contributed by atoms with Crippen molar-refractivity contribution in [1.82, 2.24) is 19.1 Å². The minimum atomic E-state index is -2.40. The van der Waals surface area contributed by atoms with Gasteiger partial charge in [-0.25, -0.2) is 13.8 Å². The van der Waals surface area contributed by atoms with Gasteiger partial charge in [-0.2, -0.15) is 9.47 Å². The predicted molar refractivity (Wildman–Crippen MR) is 63.4 cm³/mol. The van der Waals surface area contributed by atoms with Crippen LogP contribution in [0, 0.1) is 0 Å². The molecule has 18 heavy (non-hydrogen) atoms. The fourth-order valence-corrected chi connectivity index (χ4v) is 2.23. The maximum atomic E-state index is 12.2. The maximum Gasteiger partial charge on any atom is 0.257 e. The highest BCUT2D eigenvalue weighted by Crippen LogP contribution is 2.39. The zero-order valence-corrected chi connectivity index (χ0v) is 10.2. The third-order valence-corrected chi connectivity index (χ3v) is 3.23. The van der Waals surface area contributed by atoms with Gasteiger partial charge >= 0.3 is 0 Å². The lowest BCUT2D eigenvalue weighted by molar-refractivity contribution is 0.122. The smallest absolute Gasteiger partial charge is 0.257 e. The topological polar surface area (TPSA) is 55.6 Å². The van der Waals surface area contributed by atoms with Gasteiger partial charge in [0.05, 0.1) is 0 Å². The molecule has 1 saturated carbocycles. The molecule has 0 bridgehead atoms. The summed E-state index contributed by atoms with van der Waals surface area (Å²) in [5.74, 6) is 1.89. The molecule has 0 aliphatic heterocycles. The van der Waals surface area contributed by atoms with Crippen LogP contribution in [-0.4, -0.2) is 25.6 Å². The molecule has 1 fully saturated rings. The molecule has 0 unspecified atom stereocenters. The number of nitrogens with one attached hydrogen (secondary N) is 1. The molecule has 1 aliphatic carbocycles. The SMILES string of the molecule is FC(F)Cn1ccc(Nc2nc(C3CC3)ns2)n1. The summed E-state index contributed by atoms with van der Waals surface area (Å²) >= 11 is 1.27. The first-order chi connectivity index (χ1) is 8.70. The number of anilines is 2. The summed E-state index contributed by atoms with van der Waals surface area (Å²) in [7, 11) is 0. The summed E-state index contributed by atoms with van der Waals surface area (Å²) in [6.45, 7) is -0.398. The summed E-state index contributed by atoms with van der Waals surface area (Å²) in [5.41, 5.74) is 0. The van der Waals surface area contributed by atoms with Gasteiger partial charge in [0.1, 0.15) is 12.4 Å². The molecule has 8 heteroatoms. The van der Waals surface area contributed by atoms with Gasteiger partial charge in [0, 0.05) is 29.7 Å². The largest absolute Gasteiger partial charge is 0.313 e. The average molecular weight is 271 g/mol. The highest BCUT2D eigenvalue weighted by atomic mass is 32.1. The van der Waals surface area contributed by atoms with E-state index in [0.717, 1.165) is 18.7 Å². The molecule has 3 rings (SSSR count). The Balaban J connectivity index is 1.65. The lowest BCUT2D eigenvalue weighted by atomic mass is 10.4. The molecule has 0 aromatic carbocycles. The molecule has 1 N–H and O–H groups in total. The summed E-state index contributed by atoms with van der Waals surface area (Å²) in [5, 5.41) is 7.60. The van der Waals surface area contributed by atoms with Crippen LogP contribution in [0.4, 0.5) is 19.7 Å². The summed E-state index contributed by atoms with van der Waals surface area (Å²) in [6.07, 6.45) is 1.41. The van der Waals surface area contributed by atoms with Crippen molar-refractivity contribution >= 4 is 22.5 Å². The molecule has 2 aromatic rings. The molecule has 0 atom stereocenters. The van der Waals surface area contributed by atoms with E-state index < -0.39 is 13.0 Å². The molecule has 0 spiro atoms. The number of aromatic nitrogens is 4. The Kier molecular flexibility index (Phi) is 2.94. The first kappa shape index (κ1) is 11.5. The number of hydrogen-bond donors (Lipinski definition) is 1. The molecule has 0 saturated heterocycles. The standard InChI is InChI=1S/C10H11F2N5S/c11-7(12)5-17-4-3-8(15-17)13-10-14-9(16-18-10)6-1-2-6/h3-4,6-7H,1-2,5H2,(H,13,14,15,16). The van der Waals surface area contributed by atoms with Crippen LogP contribution in [0.1, 0.15) is 24.6 Å². The van der Waals surface area contributed by atoms with Crippen LogP contribution in [0.3, 0.4) is 0 Å². The maximum absolute atomic E-state index is 12.2. The van der Waals surface area contributed by atoms with Crippen LogP contribution >= 0.6 is 11.5 Å². The van der Waals surface area contributed by atoms with Crippen LogP contribution in [0.25, 0.3) is 0 Å². The monoisotopic (exact) mass is 271 g/mol. The number of alkyl halides is 2. The van der Waals surface area contributed by atoms with Gasteiger partial charge in [-0.15, -0.1) is 0 Å². The Hall–Kier alpha value is -1.57. The van der Waals surface area contributed by atoms with E-state index in [4.69, 9.17) is 0 Å². The second-order valence-electron chi connectivity index (χ2n) is 4.17. The normalized spacial score (nSPS) is 15.3. The highest BCUT2D eigenvalue weighted by molar-refractivity contribution is 7.09. The fraction of sp³-hybridized carbons (Fsp3) is 0.500. The van der Waals surface area contributed by atoms with Crippen molar-refractivity contribution < 1.29 is 8.78 Å². The Morgan fingerprint density at radius 2 is 2.33 bits per heavy atom. The highest BCUT2D eigenvalue weighted by Gasteiger charge is 2.27. The van der Waals surface area contributed by atoms with Gasteiger partial charge in [-0.05, 0) is 12.8 Å². The lowest BCUT2D eigenvalue weighted by Gasteiger charge is -1.99. The number of hydrogen-bond acceptors (Lipinski definition) is 5. The van der Waals surface area contributed by atoms with E-state index in [2.05, 4.69) is 19.8 Å². The Bertz CT molecular complexity index is 534. The summed E-state index contributed by atoms with van der Waals surface area (Å²) in [4.78, 5) is 4.34. The van der Waals surface area contributed by atoms with Gasteiger partial charge in [-0.1, -0.05) is 0 Å². The number of rotatable bonds is 5. The fourth-order valence-electron chi connectivity index (χ4n) is 1.57. The third kappa shape index (κ3) is 2.63. The van der Waals surface area contributed by atoms with E-state index in [1.165, 1.54) is 22.4 Å². The number of nitrogens with zero attached hydrogens (tertiary/aromatic N) is 4. The van der Waals surface area contributed by atoms with Gasteiger partial charge in [0.2, 0.25) is 5.13 Å². The van der Waals surface area contributed by atoms with Gasteiger partial charge < -0.3 is 5.32 Å². The first-order valence-corrected chi connectivity index (χ1v) is 6.40. The second kappa shape index (κ2) is 4.60. The molecular weight excluding hydrogens is 260 g/mol. The molecule has 2 heterocycles. The van der Waals surface area contributed by atoms with E-state index in [1.54, 1.807) is 6.07 Å². The molecule has 1 aliphatic rings. The van der Waals surface area contributed by atoms with Crippen LogP contribution < -0.4 is 5.32 Å². The van der Waals surface area contributed by atoms with E-state index >= 15 is 0 Å². The summed E-state index contributed by atoms with van der Waals surface area (Å²) < 4.78 is 29.8. The molecule has 0 radical (unpaired) electrons. The zero-order chi connectivity index (χ0) is 12.5. The lowest BCUT2D eigenvalue weighted by Crippen LogP contribution is -2.07. The minimum absolute atomic E-state index is 0.398. The molecule has 5 nitrogen and oxygen atoms in total. The van der Waals surface area contributed by atoms with E-state index in [0.29, 0.717) is 16.9 Å². The third-order valence-electron chi connectivity index (χ3n) is 2.58. The number of halogens is 2. The predicted octanol–water partition coefficient (Wildman–Crippen LogP) is 2.62. The van der Waals surface area contributed by atoms with Crippen molar-refractivity contribution in [3.63, 3.8) is 0 Å². The van der Waals surface area contributed by atoms with Crippen molar-refractivity contribution in [2.45, 2.75) is 31.7 Å². The van der Waals surface area contributed by atoms with Crippen molar-refractivity contribution in [2.24, 2.45) is 0 Å². The van der Waals surface area contributed by atoms with Crippen LogP contribution in [0.5, 0.6) is 0 Å². The van der Waals surface area contributed by atoms with Gasteiger partial charge in [0.25, 0.3) is 6.43 Å². The van der Waals surface area contributed by atoms with Crippen LogP contribution in [0.15, 0.2) is 12.3 Å². The second-order valence-corrected chi connectivity index (χ2v) is 4.92. The van der Waals surface area contributed by atoms with Crippen molar-refractivity contribution in [3.05, 3.63) is 18.1 Å². The van der Waals surface area contributed by atoms with E-state index in [1.807, 2.05) is 0 Å². The molecule has 2 aromatic heterocycles. The molecule has 96 valence electrons. The Morgan fingerprint density at radius 3 is 3.06 bits per heavy atom. The minimum Gasteiger partial charge on any atom is -0.313 e. The molecular formula is C10H11F2N5S. The van der Waals surface area contributed by atoms with E-state index in [-0.39, 0.29) is 0 Å². The Morgan fingerprint density at radius 1 is 1.50 bits per heavy atom. The van der Waals surface area contributed by atoms with Crippen molar-refractivity contribution in [1.29, 1.82) is 0 Å². The zero-order valence-electron chi connectivity index (χ0n) is 9.38. The quantitative estimate of drug-likeness (QED) is 0.908. The van der Waals surface area contributed by atoms with Crippen molar-refractivity contribution in [3.8, 4) is 0 Å². The Labute approximate surface area is 106 Å². The molecule has 0 amide bonds. The van der Waals surface area contributed by atoms with E-state index in [9.17, 15) is 8.78 Å². The average Bonchev–Trinajstić information content (AvgIpc) is 2.92. The van der Waals surface area contributed by atoms with Crippen LogP contribution in [-0.2, 0) is 6.54 Å². The van der Waals surface area contributed by atoms with Crippen molar-refractivity contribution in [2.75, 3.05) is 5.32 Å². The van der Waals surface area contributed by atoms with Gasteiger partial charge in [0.15, 0.2) is 5.82 Å². The first-order valence-electron chi connectivity index (χ1n) is 5.63. The summed E-state index contributed by atoms with van der Waals surface area (Å²) in [6, 6.07) is 1.64. The van der Waals surface area contributed by atoms with Gasteiger partial charge in [-0.3, -0.25) is 4.68 Å². The van der Waals surface area contributed by atoms with Crippen LogP contribution in [0.2, 0.25) is 0 Å².